The Hall–Kier alpha value is -2.87. The van der Waals surface area contributed by atoms with Crippen LogP contribution >= 0.6 is 11.8 Å². The summed E-state index contributed by atoms with van der Waals surface area (Å²) in [5.74, 6) is 0. The second-order valence-corrected chi connectivity index (χ2v) is 7.64. The normalized spacial score (nSPS) is 11.4. The molecule has 1 N–H and O–H groups in total. The first kappa shape index (κ1) is 19.4. The molecule has 2 aromatic heterocycles. The summed E-state index contributed by atoms with van der Waals surface area (Å²) in [5, 5.41) is 4.25. The van der Waals surface area contributed by atoms with E-state index in [-0.39, 0.29) is 5.56 Å². The van der Waals surface area contributed by atoms with E-state index in [0.717, 1.165) is 21.7 Å². The third kappa shape index (κ3) is 4.27. The van der Waals surface area contributed by atoms with Crippen LogP contribution in [0.1, 0.15) is 5.69 Å². The first-order valence-corrected chi connectivity index (χ1v) is 9.98. The van der Waals surface area contributed by atoms with Gasteiger partial charge in [-0.15, -0.1) is 0 Å². The van der Waals surface area contributed by atoms with Crippen LogP contribution in [0.25, 0.3) is 16.8 Å². The number of nitrogens with one attached hydrogen (secondary N) is 1. The highest BCUT2D eigenvalue weighted by Gasteiger charge is 2.13. The average molecular weight is 407 g/mol. The number of rotatable bonds is 7. The minimum Gasteiger partial charge on any atom is -0.356 e. The molecule has 0 amide bonds. The maximum atomic E-state index is 12.5. The quantitative estimate of drug-likeness (QED) is 0.469. The van der Waals surface area contributed by atoms with Gasteiger partial charge < -0.3 is 14.5 Å². The Labute approximate surface area is 172 Å². The van der Waals surface area contributed by atoms with Gasteiger partial charge in [-0.3, -0.25) is 4.79 Å². The van der Waals surface area contributed by atoms with Crippen LogP contribution in [0.15, 0.2) is 81.4 Å². The Morgan fingerprint density at radius 1 is 1.03 bits per heavy atom. The minimum atomic E-state index is -0.422. The number of benzene rings is 2. The standard InChI is InChI=1S/C22H21N3O3S/c1-27-21(28-2)13-16-12-20(26)25-22(24-16)19(14-23-25)15-8-10-18(11-9-15)29-17-6-4-3-5-7-17/h3-12,14,21,24H,13H2,1-2H3. The predicted octanol–water partition coefficient (Wildman–Crippen LogP) is 4.00. The Bertz CT molecular complexity index is 1150. The lowest BCUT2D eigenvalue weighted by Gasteiger charge is -2.13. The fourth-order valence-corrected chi connectivity index (χ4v) is 3.96. The third-order valence-electron chi connectivity index (χ3n) is 4.61. The molecule has 7 heteroatoms. The van der Waals surface area contributed by atoms with Gasteiger partial charge in [0, 0.05) is 47.8 Å². The molecule has 148 valence electrons. The van der Waals surface area contributed by atoms with Gasteiger partial charge in [-0.1, -0.05) is 42.1 Å². The Balaban J connectivity index is 1.65. The molecule has 0 atom stereocenters. The summed E-state index contributed by atoms with van der Waals surface area (Å²) >= 11 is 1.71. The molecular weight excluding hydrogens is 386 g/mol. The van der Waals surface area contributed by atoms with Gasteiger partial charge in [0.2, 0.25) is 0 Å². The van der Waals surface area contributed by atoms with Gasteiger partial charge in [0.25, 0.3) is 5.56 Å². The smallest absolute Gasteiger partial charge is 0.274 e. The molecule has 29 heavy (non-hydrogen) atoms. The zero-order valence-electron chi connectivity index (χ0n) is 16.2. The summed E-state index contributed by atoms with van der Waals surface area (Å²) in [6.45, 7) is 0. The molecule has 2 aromatic carbocycles. The van der Waals surface area contributed by atoms with E-state index in [4.69, 9.17) is 9.47 Å². The summed E-state index contributed by atoms with van der Waals surface area (Å²) in [6, 6.07) is 20.0. The number of hydrogen-bond donors (Lipinski definition) is 1. The van der Waals surface area contributed by atoms with Gasteiger partial charge in [0.05, 0.1) is 6.20 Å². The largest absolute Gasteiger partial charge is 0.356 e. The van der Waals surface area contributed by atoms with Gasteiger partial charge in [-0.05, 0) is 29.8 Å². The van der Waals surface area contributed by atoms with E-state index in [0.29, 0.717) is 12.1 Å². The summed E-state index contributed by atoms with van der Waals surface area (Å²) in [7, 11) is 3.15. The number of aromatic amines is 1. The number of H-pyrrole nitrogens is 1. The number of methoxy groups -OCH3 is 2. The van der Waals surface area contributed by atoms with Crippen molar-refractivity contribution in [2.24, 2.45) is 0 Å². The van der Waals surface area contributed by atoms with Crippen LogP contribution in [0.5, 0.6) is 0 Å². The predicted molar refractivity (Wildman–Crippen MR) is 113 cm³/mol. The lowest BCUT2D eigenvalue weighted by molar-refractivity contribution is -0.101. The van der Waals surface area contributed by atoms with Crippen molar-refractivity contribution in [1.82, 2.24) is 14.6 Å². The topological polar surface area (TPSA) is 68.6 Å². The van der Waals surface area contributed by atoms with Crippen LogP contribution in [0, 0.1) is 0 Å². The van der Waals surface area contributed by atoms with Crippen molar-refractivity contribution < 1.29 is 9.47 Å². The summed E-state index contributed by atoms with van der Waals surface area (Å²) < 4.78 is 11.9. The third-order valence-corrected chi connectivity index (χ3v) is 5.63. The van der Waals surface area contributed by atoms with Crippen LogP contribution in [-0.2, 0) is 15.9 Å². The number of fused-ring (bicyclic) bond motifs is 1. The van der Waals surface area contributed by atoms with Crippen LogP contribution in [0.2, 0.25) is 0 Å². The van der Waals surface area contributed by atoms with Crippen molar-refractivity contribution in [2.45, 2.75) is 22.5 Å². The van der Waals surface area contributed by atoms with Crippen molar-refractivity contribution in [1.29, 1.82) is 0 Å². The van der Waals surface area contributed by atoms with E-state index in [1.165, 1.54) is 15.5 Å². The summed E-state index contributed by atoms with van der Waals surface area (Å²) in [4.78, 5) is 18.1. The molecule has 0 fully saturated rings. The van der Waals surface area contributed by atoms with Crippen LogP contribution in [0.3, 0.4) is 0 Å². The van der Waals surface area contributed by atoms with Crippen LogP contribution in [0.4, 0.5) is 0 Å². The highest BCUT2D eigenvalue weighted by molar-refractivity contribution is 7.99. The minimum absolute atomic E-state index is 0.192. The molecule has 2 heterocycles. The summed E-state index contributed by atoms with van der Waals surface area (Å²) in [5.41, 5.74) is 3.05. The molecule has 4 aromatic rings. The SMILES string of the molecule is COC(Cc1cc(=O)n2ncc(-c3ccc(Sc4ccccc4)cc3)c2[nH]1)OC. The zero-order chi connectivity index (χ0) is 20.2. The number of nitrogens with zero attached hydrogens (tertiary/aromatic N) is 2. The van der Waals surface area contributed by atoms with Gasteiger partial charge in [0.1, 0.15) is 5.65 Å². The van der Waals surface area contributed by atoms with Crippen molar-refractivity contribution in [3.05, 3.63) is 82.9 Å². The number of aromatic nitrogens is 3. The van der Waals surface area contributed by atoms with Crippen molar-refractivity contribution in [2.75, 3.05) is 14.2 Å². The lowest BCUT2D eigenvalue weighted by Crippen LogP contribution is -2.21. The zero-order valence-corrected chi connectivity index (χ0v) is 17.0. The molecule has 0 bridgehead atoms. The Morgan fingerprint density at radius 2 is 1.72 bits per heavy atom. The summed E-state index contributed by atoms with van der Waals surface area (Å²) in [6.07, 6.45) is 1.73. The van der Waals surface area contributed by atoms with E-state index < -0.39 is 6.29 Å². The highest BCUT2D eigenvalue weighted by atomic mass is 32.2. The van der Waals surface area contributed by atoms with Gasteiger partial charge in [-0.2, -0.15) is 9.61 Å². The van der Waals surface area contributed by atoms with Crippen molar-refractivity contribution >= 4 is 17.4 Å². The molecule has 6 nitrogen and oxygen atoms in total. The average Bonchev–Trinajstić information content (AvgIpc) is 3.18. The molecule has 0 aliphatic carbocycles. The van der Waals surface area contributed by atoms with E-state index in [2.05, 4.69) is 34.3 Å². The van der Waals surface area contributed by atoms with Crippen LogP contribution in [-0.4, -0.2) is 35.1 Å². The Kier molecular flexibility index (Phi) is 5.80. The second-order valence-electron chi connectivity index (χ2n) is 6.50. The second kappa shape index (κ2) is 8.65. The fraction of sp³-hybridized carbons (Fsp3) is 0.182. The maximum Gasteiger partial charge on any atom is 0.274 e. The Morgan fingerprint density at radius 3 is 2.41 bits per heavy atom. The molecular formula is C22H21N3O3S. The number of ether oxygens (including phenoxy) is 2. The molecule has 0 saturated carbocycles. The molecule has 0 spiro atoms. The van der Waals surface area contributed by atoms with E-state index >= 15 is 0 Å². The molecule has 4 rings (SSSR count). The van der Waals surface area contributed by atoms with Crippen LogP contribution < -0.4 is 5.56 Å². The molecule has 0 saturated heterocycles. The molecule has 0 aliphatic heterocycles. The van der Waals surface area contributed by atoms with Gasteiger partial charge in [0.15, 0.2) is 6.29 Å². The highest BCUT2D eigenvalue weighted by Crippen LogP contribution is 2.30. The monoisotopic (exact) mass is 407 g/mol. The lowest BCUT2D eigenvalue weighted by atomic mass is 10.1. The number of hydrogen-bond acceptors (Lipinski definition) is 5. The van der Waals surface area contributed by atoms with E-state index in [1.54, 1.807) is 32.2 Å². The first-order valence-electron chi connectivity index (χ1n) is 9.17. The maximum absolute atomic E-state index is 12.5. The molecule has 0 aliphatic rings. The molecule has 0 radical (unpaired) electrons. The fourth-order valence-electron chi connectivity index (χ4n) is 3.12. The van der Waals surface area contributed by atoms with E-state index in [9.17, 15) is 4.79 Å². The van der Waals surface area contributed by atoms with Gasteiger partial charge in [-0.25, -0.2) is 0 Å². The first-order chi connectivity index (χ1) is 14.2. The van der Waals surface area contributed by atoms with Crippen molar-refractivity contribution in [3.63, 3.8) is 0 Å². The van der Waals surface area contributed by atoms with Crippen molar-refractivity contribution in [3.8, 4) is 11.1 Å². The van der Waals surface area contributed by atoms with E-state index in [1.807, 2.05) is 30.3 Å². The molecule has 0 unspecified atom stereocenters. The van der Waals surface area contributed by atoms with Gasteiger partial charge >= 0.3 is 0 Å².